The zero-order valence-electron chi connectivity index (χ0n) is 13.8. The normalized spacial score (nSPS) is 16.8. The number of carbonyl (C=O) groups excluding carboxylic acids is 2. The molecule has 1 atom stereocenters. The maximum atomic E-state index is 12.4. The smallest absolute Gasteiger partial charge is 0.227 e. The van der Waals surface area contributed by atoms with E-state index in [1.165, 1.54) is 6.07 Å². The lowest BCUT2D eigenvalue weighted by Gasteiger charge is -2.26. The van der Waals surface area contributed by atoms with Gasteiger partial charge >= 0.3 is 0 Å². The molecule has 0 bridgehead atoms. The Kier molecular flexibility index (Phi) is 4.88. The fourth-order valence-corrected chi connectivity index (χ4v) is 3.00. The number of aromatic hydroxyl groups is 1. The van der Waals surface area contributed by atoms with Crippen molar-refractivity contribution < 1.29 is 24.2 Å². The third-order valence-electron chi connectivity index (χ3n) is 4.26. The van der Waals surface area contributed by atoms with Crippen LogP contribution in [0.25, 0.3) is 0 Å². The van der Waals surface area contributed by atoms with Gasteiger partial charge < -0.3 is 19.5 Å². The molecule has 0 aromatic heterocycles. The van der Waals surface area contributed by atoms with E-state index in [2.05, 4.69) is 0 Å². The van der Waals surface area contributed by atoms with E-state index in [4.69, 9.17) is 9.47 Å². The van der Waals surface area contributed by atoms with Crippen LogP contribution >= 0.6 is 0 Å². The van der Waals surface area contributed by atoms with E-state index >= 15 is 0 Å². The van der Waals surface area contributed by atoms with Gasteiger partial charge in [0.05, 0.1) is 24.4 Å². The molecule has 1 amide bonds. The molecule has 25 heavy (non-hydrogen) atoms. The summed E-state index contributed by atoms with van der Waals surface area (Å²) in [5.74, 6) is 0.659. The molecule has 6 heteroatoms. The highest BCUT2D eigenvalue weighted by molar-refractivity contribution is 5.97. The molecular formula is C19H19NO5. The number of carbonyl (C=O) groups is 2. The Hall–Kier alpha value is -3.02. The van der Waals surface area contributed by atoms with Crippen molar-refractivity contribution in [2.45, 2.75) is 18.9 Å². The number of nitrogens with zero attached hydrogens (tertiary/aromatic N) is 1. The minimum absolute atomic E-state index is 0.00367. The first-order chi connectivity index (χ1) is 12.2. The summed E-state index contributed by atoms with van der Waals surface area (Å²) >= 11 is 0. The van der Waals surface area contributed by atoms with Crippen LogP contribution in [-0.2, 0) is 4.79 Å². The van der Waals surface area contributed by atoms with Crippen molar-refractivity contribution >= 4 is 17.9 Å². The van der Waals surface area contributed by atoms with Crippen LogP contribution in [0.3, 0.4) is 0 Å². The van der Waals surface area contributed by atoms with E-state index in [1.807, 2.05) is 18.2 Å². The molecule has 6 nitrogen and oxygen atoms in total. The zero-order valence-corrected chi connectivity index (χ0v) is 13.8. The number of methoxy groups -OCH3 is 1. The van der Waals surface area contributed by atoms with Gasteiger partial charge in [0.1, 0.15) is 12.4 Å². The molecule has 0 saturated carbocycles. The average Bonchev–Trinajstić information content (AvgIpc) is 3.01. The molecule has 2 aromatic rings. The molecule has 0 spiro atoms. The summed E-state index contributed by atoms with van der Waals surface area (Å²) in [4.78, 5) is 24.9. The van der Waals surface area contributed by atoms with E-state index in [-0.39, 0.29) is 35.6 Å². The van der Waals surface area contributed by atoms with E-state index in [0.717, 1.165) is 0 Å². The Labute approximate surface area is 145 Å². The summed E-state index contributed by atoms with van der Waals surface area (Å²) in [5, 5.41) is 10.0. The second-order valence-corrected chi connectivity index (χ2v) is 5.75. The van der Waals surface area contributed by atoms with Crippen LogP contribution in [0.5, 0.6) is 17.2 Å². The molecule has 1 aliphatic heterocycles. The molecular weight excluding hydrogens is 322 g/mol. The Morgan fingerprint density at radius 1 is 1.20 bits per heavy atom. The van der Waals surface area contributed by atoms with Crippen LogP contribution in [0.4, 0.5) is 5.69 Å². The monoisotopic (exact) mass is 341 g/mol. The van der Waals surface area contributed by atoms with E-state index in [9.17, 15) is 14.7 Å². The van der Waals surface area contributed by atoms with Gasteiger partial charge in [-0.25, -0.2) is 0 Å². The maximum Gasteiger partial charge on any atom is 0.227 e. The molecule has 1 aliphatic rings. The lowest BCUT2D eigenvalue weighted by molar-refractivity contribution is -0.117. The molecule has 1 fully saturated rings. The van der Waals surface area contributed by atoms with Crippen molar-refractivity contribution in [3.63, 3.8) is 0 Å². The molecule has 1 heterocycles. The van der Waals surface area contributed by atoms with Crippen LogP contribution in [0.1, 0.15) is 23.2 Å². The second kappa shape index (κ2) is 7.25. The Morgan fingerprint density at radius 3 is 2.72 bits per heavy atom. The van der Waals surface area contributed by atoms with Gasteiger partial charge in [0, 0.05) is 6.42 Å². The molecule has 3 rings (SSSR count). The lowest BCUT2D eigenvalue weighted by Crippen LogP contribution is -2.37. The summed E-state index contributed by atoms with van der Waals surface area (Å²) in [7, 11) is 1.56. The fraction of sp³-hybridized carbons (Fsp3) is 0.263. The number of hydrogen-bond acceptors (Lipinski definition) is 5. The molecule has 1 N–H and O–H groups in total. The number of phenols is 1. The SMILES string of the molecule is COc1ccccc1N1C(=O)CC[C@H]1COc1cccc(C=O)c1O. The van der Waals surface area contributed by atoms with Gasteiger partial charge in [-0.3, -0.25) is 9.59 Å². The third kappa shape index (κ3) is 3.28. The second-order valence-electron chi connectivity index (χ2n) is 5.75. The van der Waals surface area contributed by atoms with E-state index < -0.39 is 0 Å². The minimum atomic E-state index is -0.189. The van der Waals surface area contributed by atoms with Gasteiger partial charge in [0.25, 0.3) is 0 Å². The molecule has 0 radical (unpaired) electrons. The summed E-state index contributed by atoms with van der Waals surface area (Å²) in [6, 6.07) is 11.9. The zero-order chi connectivity index (χ0) is 17.8. The lowest BCUT2D eigenvalue weighted by atomic mass is 10.2. The number of rotatable bonds is 6. The Bertz CT molecular complexity index is 789. The van der Waals surface area contributed by atoms with Crippen LogP contribution in [0.15, 0.2) is 42.5 Å². The summed E-state index contributed by atoms with van der Waals surface area (Å²) < 4.78 is 11.0. The van der Waals surface area contributed by atoms with Crippen LogP contribution in [0.2, 0.25) is 0 Å². The third-order valence-corrected chi connectivity index (χ3v) is 4.26. The van der Waals surface area contributed by atoms with Gasteiger partial charge in [0.15, 0.2) is 17.8 Å². The quantitative estimate of drug-likeness (QED) is 0.818. The summed E-state index contributed by atoms with van der Waals surface area (Å²) in [6.07, 6.45) is 1.64. The topological polar surface area (TPSA) is 76.1 Å². The average molecular weight is 341 g/mol. The number of amides is 1. The molecule has 0 unspecified atom stereocenters. The number of para-hydroxylation sites is 3. The summed E-state index contributed by atoms with van der Waals surface area (Å²) in [5.41, 5.74) is 0.869. The first kappa shape index (κ1) is 16.8. The Balaban J connectivity index is 1.80. The minimum Gasteiger partial charge on any atom is -0.504 e. The number of phenolic OH excluding ortho intramolecular Hbond substituents is 1. The maximum absolute atomic E-state index is 12.4. The number of hydrogen-bond donors (Lipinski definition) is 1. The van der Waals surface area contributed by atoms with Crippen LogP contribution < -0.4 is 14.4 Å². The number of anilines is 1. The van der Waals surface area contributed by atoms with E-state index in [1.54, 1.807) is 30.2 Å². The van der Waals surface area contributed by atoms with Crippen LogP contribution in [0, 0.1) is 0 Å². The van der Waals surface area contributed by atoms with Crippen molar-refractivity contribution in [3.05, 3.63) is 48.0 Å². The predicted molar refractivity (Wildman–Crippen MR) is 92.5 cm³/mol. The van der Waals surface area contributed by atoms with Crippen molar-refractivity contribution in [3.8, 4) is 17.2 Å². The fourth-order valence-electron chi connectivity index (χ4n) is 3.00. The summed E-state index contributed by atoms with van der Waals surface area (Å²) in [6.45, 7) is 0.208. The number of benzene rings is 2. The molecule has 2 aromatic carbocycles. The largest absolute Gasteiger partial charge is 0.504 e. The highest BCUT2D eigenvalue weighted by atomic mass is 16.5. The van der Waals surface area contributed by atoms with Gasteiger partial charge in [-0.15, -0.1) is 0 Å². The standard InChI is InChI=1S/C19H19NO5/c1-24-16-7-3-2-6-15(16)20-14(9-10-18(20)22)12-25-17-8-4-5-13(11-21)19(17)23/h2-8,11,14,23H,9-10,12H2,1H3/t14-/m0/s1. The van der Waals surface area contributed by atoms with Gasteiger partial charge in [-0.1, -0.05) is 18.2 Å². The van der Waals surface area contributed by atoms with Gasteiger partial charge in [-0.05, 0) is 30.7 Å². The Morgan fingerprint density at radius 2 is 1.96 bits per heavy atom. The van der Waals surface area contributed by atoms with Crippen molar-refractivity contribution in [1.82, 2.24) is 0 Å². The van der Waals surface area contributed by atoms with Crippen molar-refractivity contribution in [1.29, 1.82) is 0 Å². The number of aldehydes is 1. The molecule has 130 valence electrons. The van der Waals surface area contributed by atoms with Crippen molar-refractivity contribution in [2.24, 2.45) is 0 Å². The molecule has 0 aliphatic carbocycles. The van der Waals surface area contributed by atoms with Crippen LogP contribution in [-0.4, -0.2) is 37.1 Å². The van der Waals surface area contributed by atoms with E-state index in [0.29, 0.717) is 30.6 Å². The van der Waals surface area contributed by atoms with Gasteiger partial charge in [-0.2, -0.15) is 0 Å². The highest BCUT2D eigenvalue weighted by Gasteiger charge is 2.34. The first-order valence-corrected chi connectivity index (χ1v) is 8.00. The molecule has 1 saturated heterocycles. The first-order valence-electron chi connectivity index (χ1n) is 8.00. The highest BCUT2D eigenvalue weighted by Crippen LogP contribution is 2.35. The van der Waals surface area contributed by atoms with Crippen molar-refractivity contribution in [2.75, 3.05) is 18.6 Å². The van der Waals surface area contributed by atoms with Gasteiger partial charge in [0.2, 0.25) is 5.91 Å². The predicted octanol–water partition coefficient (Wildman–Crippen LogP) is 2.79. The number of ether oxygens (including phenoxy) is 2.